The van der Waals surface area contributed by atoms with Crippen LogP contribution in [-0.4, -0.2) is 30.4 Å². The lowest BCUT2D eigenvalue weighted by Crippen LogP contribution is -2.39. The van der Waals surface area contributed by atoms with Gasteiger partial charge in [-0.05, 0) is 55.7 Å². The summed E-state index contributed by atoms with van der Waals surface area (Å²) in [6.45, 7) is 5.42. The van der Waals surface area contributed by atoms with Gasteiger partial charge in [-0.1, -0.05) is 26.0 Å². The molecule has 1 aliphatic rings. The van der Waals surface area contributed by atoms with E-state index in [0.717, 1.165) is 18.1 Å². The van der Waals surface area contributed by atoms with Crippen molar-refractivity contribution < 1.29 is 9.84 Å². The lowest BCUT2D eigenvalue weighted by Gasteiger charge is -2.27. The van der Waals surface area contributed by atoms with E-state index in [1.165, 1.54) is 31.2 Å². The summed E-state index contributed by atoms with van der Waals surface area (Å²) in [5.41, 5.74) is 1.26. The standard InChI is InChI=1S/C18H29NO2/c1-3-15-5-4-6-18(11-15)21-13-17(20)12-19-16-9-7-14(2)8-10-16/h4-6,11,14,16-17,19-20H,3,7-10,12-13H2,1-2H3. The van der Waals surface area contributed by atoms with E-state index < -0.39 is 6.10 Å². The van der Waals surface area contributed by atoms with Gasteiger partial charge in [0.15, 0.2) is 0 Å². The van der Waals surface area contributed by atoms with Crippen LogP contribution in [0.25, 0.3) is 0 Å². The van der Waals surface area contributed by atoms with Gasteiger partial charge in [0, 0.05) is 12.6 Å². The van der Waals surface area contributed by atoms with Crippen LogP contribution in [0.15, 0.2) is 24.3 Å². The molecule has 1 aromatic carbocycles. The largest absolute Gasteiger partial charge is 0.491 e. The summed E-state index contributed by atoms with van der Waals surface area (Å²) in [7, 11) is 0. The second kappa shape index (κ2) is 8.40. The number of hydrogen-bond donors (Lipinski definition) is 2. The van der Waals surface area contributed by atoms with E-state index in [2.05, 4.69) is 25.2 Å². The van der Waals surface area contributed by atoms with Crippen LogP contribution in [0.4, 0.5) is 0 Å². The summed E-state index contributed by atoms with van der Waals surface area (Å²) < 4.78 is 5.68. The Hall–Kier alpha value is -1.06. The number of aryl methyl sites for hydroxylation is 1. The van der Waals surface area contributed by atoms with E-state index in [1.807, 2.05) is 18.2 Å². The van der Waals surface area contributed by atoms with Crippen LogP contribution in [0.1, 0.15) is 45.1 Å². The van der Waals surface area contributed by atoms with Gasteiger partial charge in [0.1, 0.15) is 18.5 Å². The van der Waals surface area contributed by atoms with E-state index in [9.17, 15) is 5.11 Å². The summed E-state index contributed by atoms with van der Waals surface area (Å²) in [5.74, 6) is 1.71. The third kappa shape index (κ3) is 5.68. The minimum absolute atomic E-state index is 0.350. The van der Waals surface area contributed by atoms with Crippen molar-refractivity contribution in [3.63, 3.8) is 0 Å². The highest BCUT2D eigenvalue weighted by Gasteiger charge is 2.18. The van der Waals surface area contributed by atoms with Gasteiger partial charge in [-0.15, -0.1) is 0 Å². The molecule has 1 unspecified atom stereocenters. The average molecular weight is 291 g/mol. The molecule has 1 saturated carbocycles. The van der Waals surface area contributed by atoms with E-state index >= 15 is 0 Å². The predicted molar refractivity (Wildman–Crippen MR) is 86.7 cm³/mol. The smallest absolute Gasteiger partial charge is 0.119 e. The van der Waals surface area contributed by atoms with Crippen molar-refractivity contribution in [2.45, 2.75) is 58.1 Å². The summed E-state index contributed by atoms with van der Waals surface area (Å²) in [4.78, 5) is 0. The molecule has 2 rings (SSSR count). The lowest BCUT2D eigenvalue weighted by atomic mass is 9.87. The van der Waals surface area contributed by atoms with E-state index in [4.69, 9.17) is 4.74 Å². The maximum absolute atomic E-state index is 10.0. The Morgan fingerprint density at radius 2 is 2.05 bits per heavy atom. The Balaban J connectivity index is 1.66. The zero-order chi connectivity index (χ0) is 15.1. The number of aliphatic hydroxyl groups is 1. The summed E-state index contributed by atoms with van der Waals surface area (Å²) >= 11 is 0. The van der Waals surface area contributed by atoms with Crippen molar-refractivity contribution >= 4 is 0 Å². The van der Waals surface area contributed by atoms with Crippen LogP contribution in [-0.2, 0) is 6.42 Å². The molecule has 1 atom stereocenters. The first-order chi connectivity index (χ1) is 10.2. The van der Waals surface area contributed by atoms with Crippen LogP contribution >= 0.6 is 0 Å². The highest BCUT2D eigenvalue weighted by Crippen LogP contribution is 2.23. The average Bonchev–Trinajstić information content (AvgIpc) is 2.52. The fourth-order valence-corrected chi connectivity index (χ4v) is 2.87. The number of hydrogen-bond acceptors (Lipinski definition) is 3. The van der Waals surface area contributed by atoms with Crippen molar-refractivity contribution in [1.82, 2.24) is 5.32 Å². The normalized spacial score (nSPS) is 23.8. The van der Waals surface area contributed by atoms with E-state index in [0.29, 0.717) is 19.2 Å². The fraction of sp³-hybridized carbons (Fsp3) is 0.667. The zero-order valence-electron chi connectivity index (χ0n) is 13.3. The molecule has 21 heavy (non-hydrogen) atoms. The van der Waals surface area contributed by atoms with Crippen LogP contribution in [0, 0.1) is 5.92 Å². The first-order valence-corrected chi connectivity index (χ1v) is 8.30. The third-order valence-electron chi connectivity index (χ3n) is 4.41. The minimum Gasteiger partial charge on any atom is -0.491 e. The molecule has 0 aliphatic heterocycles. The molecule has 2 N–H and O–H groups in total. The van der Waals surface area contributed by atoms with Crippen LogP contribution in [0.2, 0.25) is 0 Å². The maximum atomic E-state index is 10.0. The Labute approximate surface area is 128 Å². The summed E-state index contributed by atoms with van der Waals surface area (Å²) in [6, 6.07) is 8.65. The molecule has 118 valence electrons. The Bertz CT molecular complexity index is 413. The fourth-order valence-electron chi connectivity index (χ4n) is 2.87. The van der Waals surface area contributed by atoms with Gasteiger partial charge in [-0.25, -0.2) is 0 Å². The first-order valence-electron chi connectivity index (χ1n) is 8.30. The van der Waals surface area contributed by atoms with Crippen molar-refractivity contribution in [2.24, 2.45) is 5.92 Å². The monoisotopic (exact) mass is 291 g/mol. The topological polar surface area (TPSA) is 41.5 Å². The second-order valence-corrected chi connectivity index (χ2v) is 6.33. The molecule has 0 bridgehead atoms. The lowest BCUT2D eigenvalue weighted by molar-refractivity contribution is 0.101. The van der Waals surface area contributed by atoms with Gasteiger partial charge in [-0.3, -0.25) is 0 Å². The van der Waals surface area contributed by atoms with Crippen molar-refractivity contribution in [2.75, 3.05) is 13.2 Å². The van der Waals surface area contributed by atoms with Crippen molar-refractivity contribution in [3.05, 3.63) is 29.8 Å². The third-order valence-corrected chi connectivity index (χ3v) is 4.41. The molecule has 3 nitrogen and oxygen atoms in total. The zero-order valence-corrected chi connectivity index (χ0v) is 13.3. The number of rotatable bonds is 7. The molecule has 1 aliphatic carbocycles. The number of aliphatic hydroxyl groups excluding tert-OH is 1. The molecule has 1 fully saturated rings. The van der Waals surface area contributed by atoms with Gasteiger partial charge < -0.3 is 15.2 Å². The predicted octanol–water partition coefficient (Wildman–Crippen LogP) is 3.16. The summed E-state index contributed by atoms with van der Waals surface area (Å²) in [6.07, 6.45) is 5.61. The number of benzene rings is 1. The van der Waals surface area contributed by atoms with Gasteiger partial charge >= 0.3 is 0 Å². The van der Waals surface area contributed by atoms with E-state index in [1.54, 1.807) is 0 Å². The van der Waals surface area contributed by atoms with Crippen LogP contribution < -0.4 is 10.1 Å². The molecule has 0 amide bonds. The highest BCUT2D eigenvalue weighted by molar-refractivity contribution is 5.28. The maximum Gasteiger partial charge on any atom is 0.119 e. The van der Waals surface area contributed by atoms with Crippen molar-refractivity contribution in [3.8, 4) is 5.75 Å². The van der Waals surface area contributed by atoms with Gasteiger partial charge in [0.05, 0.1) is 0 Å². The highest BCUT2D eigenvalue weighted by atomic mass is 16.5. The second-order valence-electron chi connectivity index (χ2n) is 6.33. The molecule has 3 heteroatoms. The van der Waals surface area contributed by atoms with Crippen LogP contribution in [0.5, 0.6) is 5.75 Å². The molecular formula is C18H29NO2. The Kier molecular flexibility index (Phi) is 6.52. The molecule has 0 heterocycles. The van der Waals surface area contributed by atoms with Gasteiger partial charge in [-0.2, -0.15) is 0 Å². The molecule has 1 aromatic rings. The SMILES string of the molecule is CCc1cccc(OCC(O)CNC2CCC(C)CC2)c1. The number of nitrogens with one attached hydrogen (secondary N) is 1. The first kappa shape index (κ1) is 16.3. The molecule has 0 aromatic heterocycles. The molecule has 0 spiro atoms. The van der Waals surface area contributed by atoms with Gasteiger partial charge in [0.25, 0.3) is 0 Å². The van der Waals surface area contributed by atoms with Crippen molar-refractivity contribution in [1.29, 1.82) is 0 Å². The summed E-state index contributed by atoms with van der Waals surface area (Å²) in [5, 5.41) is 13.5. The number of ether oxygens (including phenoxy) is 1. The van der Waals surface area contributed by atoms with Gasteiger partial charge in [0.2, 0.25) is 0 Å². The van der Waals surface area contributed by atoms with E-state index in [-0.39, 0.29) is 0 Å². The molecular weight excluding hydrogens is 262 g/mol. The Morgan fingerprint density at radius 3 is 2.76 bits per heavy atom. The molecule has 0 saturated heterocycles. The molecule has 0 radical (unpaired) electrons. The van der Waals surface area contributed by atoms with Crippen LogP contribution in [0.3, 0.4) is 0 Å². The quantitative estimate of drug-likeness (QED) is 0.811. The Morgan fingerprint density at radius 1 is 1.29 bits per heavy atom. The minimum atomic E-state index is -0.449.